The predicted octanol–water partition coefficient (Wildman–Crippen LogP) is 5.37. The Morgan fingerprint density at radius 1 is 0.906 bits per heavy atom. The van der Waals surface area contributed by atoms with Crippen molar-refractivity contribution in [1.82, 2.24) is 0 Å². The number of hydrogen-bond acceptors (Lipinski definition) is 3. The Kier molecular flexibility index (Phi) is 15.0. The number of halogens is 6. The molecule has 0 radical (unpaired) electrons. The molecule has 0 bridgehead atoms. The van der Waals surface area contributed by atoms with Crippen molar-refractivity contribution < 1.29 is 57.6 Å². The molecule has 0 saturated carbocycles. The molecule has 182 valence electrons. The second-order valence-corrected chi connectivity index (χ2v) is 10.0. The fraction of sp³-hybridized carbons (Fsp3) is 0.333. The van der Waals surface area contributed by atoms with Gasteiger partial charge in [-0.1, -0.05) is 18.2 Å². The Bertz CT molecular complexity index is 817. The SMILES string of the molecule is CC(O)(C(F)(F)F)C(F)(F)F.COc1ccccc1[CH]=[Mo]=[O].C[PH+](C)c1ccccc1.[CH3-]. The van der Waals surface area contributed by atoms with E-state index in [1.165, 1.54) is 5.30 Å². The Morgan fingerprint density at radius 2 is 1.34 bits per heavy atom. The van der Waals surface area contributed by atoms with Crippen molar-refractivity contribution in [2.45, 2.75) is 24.9 Å². The van der Waals surface area contributed by atoms with Crippen LogP contribution in [0.3, 0.4) is 0 Å². The molecule has 11 heteroatoms. The predicted molar refractivity (Wildman–Crippen MR) is 114 cm³/mol. The number of alkyl halides is 6. The fourth-order valence-electron chi connectivity index (χ4n) is 1.75. The van der Waals surface area contributed by atoms with Gasteiger partial charge in [0.15, 0.2) is 0 Å². The summed E-state index contributed by atoms with van der Waals surface area (Å²) in [4.78, 5) is 0. The van der Waals surface area contributed by atoms with Crippen molar-refractivity contribution in [2.75, 3.05) is 20.4 Å². The maximum absolute atomic E-state index is 11.4. The average Bonchev–Trinajstić information content (AvgIpc) is 2.68. The van der Waals surface area contributed by atoms with E-state index in [0.717, 1.165) is 11.3 Å². The molecule has 0 unspecified atom stereocenters. The largest absolute Gasteiger partial charge is 0.358 e. The number of hydrogen-bond donors (Lipinski definition) is 1. The van der Waals surface area contributed by atoms with E-state index in [0.29, 0.717) is 0 Å². The van der Waals surface area contributed by atoms with Crippen LogP contribution in [-0.2, 0) is 21.5 Å². The van der Waals surface area contributed by atoms with Crippen LogP contribution in [0.15, 0.2) is 54.6 Å². The molecule has 0 atom stereocenters. The van der Waals surface area contributed by atoms with Gasteiger partial charge in [-0.15, -0.1) is 0 Å². The third kappa shape index (κ3) is 10.9. The van der Waals surface area contributed by atoms with Gasteiger partial charge < -0.3 is 12.5 Å². The van der Waals surface area contributed by atoms with Gasteiger partial charge in [-0.2, -0.15) is 26.3 Å². The van der Waals surface area contributed by atoms with Gasteiger partial charge in [0.1, 0.15) is 0 Å². The summed E-state index contributed by atoms with van der Waals surface area (Å²) in [5, 5.41) is 9.45. The zero-order valence-electron chi connectivity index (χ0n) is 18.2. The first-order chi connectivity index (χ1) is 14.2. The molecule has 0 fully saturated rings. The van der Waals surface area contributed by atoms with Gasteiger partial charge >= 0.3 is 85.6 Å². The number of aliphatic hydroxyl groups is 1. The first-order valence-corrected chi connectivity index (χ1v) is 13.1. The first-order valence-electron chi connectivity index (χ1n) is 8.65. The van der Waals surface area contributed by atoms with E-state index >= 15 is 0 Å². The van der Waals surface area contributed by atoms with E-state index in [9.17, 15) is 29.7 Å². The summed E-state index contributed by atoms with van der Waals surface area (Å²) in [6, 6.07) is 18.2. The molecule has 3 nitrogen and oxygen atoms in total. The van der Waals surface area contributed by atoms with Gasteiger partial charge in [-0.05, 0) is 19.1 Å². The van der Waals surface area contributed by atoms with Crippen LogP contribution in [0, 0.1) is 7.43 Å². The third-order valence-electron chi connectivity index (χ3n) is 3.77. The Labute approximate surface area is 193 Å². The molecule has 0 amide bonds. The second kappa shape index (κ2) is 14.7. The third-order valence-corrected chi connectivity index (χ3v) is 6.12. The summed E-state index contributed by atoms with van der Waals surface area (Å²) in [7, 11) is 1.40. The summed E-state index contributed by atoms with van der Waals surface area (Å²) < 4.78 is 85.3. The number of ether oxygens (including phenoxy) is 1. The molecular formula is C21H27F6MoO3P. The monoisotopic (exact) mass is 570 g/mol. The first kappa shape index (κ1) is 32.7. The molecule has 0 aliphatic heterocycles. The van der Waals surface area contributed by atoms with E-state index in [1.807, 2.05) is 24.3 Å². The fourth-order valence-corrected chi connectivity index (χ4v) is 3.34. The smallest absolute Gasteiger partial charge is 0.0908 e. The molecule has 0 spiro atoms. The Morgan fingerprint density at radius 3 is 1.66 bits per heavy atom. The standard InChI is InChI=1S/C8H8O.C8H11P.C4H4F6O.CH3.Mo.O/c1-7-5-3-4-6-8(7)9-2;1-9(2)8-6-4-3-5-7-8;1-2(11,3(5,6)7)4(8,9)10;;;/h1,3-6H,2H3;3-7H,1-2H3;11H,1H3;1H3;;/q;;;-1;;/p+1. The van der Waals surface area contributed by atoms with Gasteiger partial charge in [0.05, 0.1) is 18.6 Å². The minimum Gasteiger partial charge on any atom is -0.358 e. The second-order valence-electron chi connectivity index (χ2n) is 6.39. The average molecular weight is 568 g/mol. The minimum atomic E-state index is -5.69. The number of para-hydroxylation sites is 1. The topological polar surface area (TPSA) is 46.5 Å². The van der Waals surface area contributed by atoms with E-state index in [2.05, 4.69) is 43.7 Å². The maximum Gasteiger partial charge on any atom is 0.0908 e. The quantitative estimate of drug-likeness (QED) is 0.235. The van der Waals surface area contributed by atoms with Crippen LogP contribution in [0.25, 0.3) is 0 Å². The van der Waals surface area contributed by atoms with Crippen LogP contribution in [0.4, 0.5) is 26.3 Å². The minimum absolute atomic E-state index is 0. The molecule has 0 heterocycles. The van der Waals surface area contributed by atoms with Crippen molar-refractivity contribution in [2.24, 2.45) is 0 Å². The molecule has 0 aromatic heterocycles. The summed E-state index contributed by atoms with van der Waals surface area (Å²) in [5.41, 5.74) is -3.70. The van der Waals surface area contributed by atoms with Crippen LogP contribution < -0.4 is 10.0 Å². The summed E-state index contributed by atoms with van der Waals surface area (Å²) in [6.07, 6.45) is -11.4. The molecule has 2 aromatic rings. The van der Waals surface area contributed by atoms with Crippen LogP contribution in [0.1, 0.15) is 12.5 Å². The van der Waals surface area contributed by atoms with Crippen molar-refractivity contribution in [3.63, 3.8) is 0 Å². The van der Waals surface area contributed by atoms with Crippen molar-refractivity contribution in [3.8, 4) is 5.75 Å². The Hall–Kier alpha value is -1.43. The molecule has 0 saturated heterocycles. The molecule has 0 aliphatic carbocycles. The van der Waals surface area contributed by atoms with Crippen molar-refractivity contribution in [1.29, 1.82) is 0 Å². The summed E-state index contributed by atoms with van der Waals surface area (Å²) >= 11 is -1.20. The van der Waals surface area contributed by atoms with Crippen LogP contribution >= 0.6 is 7.92 Å². The van der Waals surface area contributed by atoms with Crippen molar-refractivity contribution in [3.05, 3.63) is 67.6 Å². The summed E-state index contributed by atoms with van der Waals surface area (Å²) in [5.74, 6) is 0.786. The van der Waals surface area contributed by atoms with E-state index in [-0.39, 0.29) is 22.3 Å². The molecule has 2 aromatic carbocycles. The molecule has 2 rings (SSSR count). The van der Waals surface area contributed by atoms with Gasteiger partial charge in [-0.25, -0.2) is 0 Å². The summed E-state index contributed by atoms with van der Waals surface area (Å²) in [6.45, 7) is 4.27. The van der Waals surface area contributed by atoms with Crippen LogP contribution in [0.2, 0.25) is 0 Å². The van der Waals surface area contributed by atoms with E-state index < -0.39 is 36.0 Å². The molecule has 0 aliphatic rings. The van der Waals surface area contributed by atoms with Gasteiger partial charge in [0.2, 0.25) is 0 Å². The van der Waals surface area contributed by atoms with E-state index in [4.69, 9.17) is 9.84 Å². The molecule has 1 N–H and O–H groups in total. The molecule has 32 heavy (non-hydrogen) atoms. The normalized spacial score (nSPS) is 11.1. The maximum atomic E-state index is 11.4. The number of rotatable bonds is 3. The zero-order chi connectivity index (χ0) is 24.3. The van der Waals surface area contributed by atoms with Gasteiger partial charge in [0.25, 0.3) is 5.60 Å². The van der Waals surface area contributed by atoms with Crippen LogP contribution in [-0.4, -0.2) is 47.9 Å². The molecular weight excluding hydrogens is 541 g/mol. The van der Waals surface area contributed by atoms with Crippen LogP contribution in [0.5, 0.6) is 5.75 Å². The van der Waals surface area contributed by atoms with E-state index in [1.54, 1.807) is 11.5 Å². The van der Waals surface area contributed by atoms with Gasteiger partial charge in [-0.3, -0.25) is 0 Å². The zero-order valence-corrected chi connectivity index (χ0v) is 21.2. The Balaban J connectivity index is 0. The number of benzene rings is 2. The number of methoxy groups -OCH3 is 1. The van der Waals surface area contributed by atoms with Crippen molar-refractivity contribution >= 4 is 17.6 Å². The van der Waals surface area contributed by atoms with Gasteiger partial charge in [0, 0.05) is 7.92 Å².